The highest BCUT2D eigenvalue weighted by Gasteiger charge is 2.51. The predicted molar refractivity (Wildman–Crippen MR) is 101 cm³/mol. The van der Waals surface area contributed by atoms with Gasteiger partial charge >= 0.3 is 0 Å². The molecule has 1 heterocycles. The molecule has 4 fully saturated rings. The molecule has 6 rings (SSSR count). The zero-order chi connectivity index (χ0) is 18.6. The van der Waals surface area contributed by atoms with E-state index >= 15 is 0 Å². The molecule has 144 valence electrons. The molecule has 4 saturated carbocycles. The standard InChI is InChI=1S/C21H24ClFN2O2/c22-15-2-1-3-16(23)19(15)17-7-18(27-25-17)20(26)24-11-21-8-12-4-13(9-21)6-14(5-12)10-21/h1-3,12-14,18H,4-11H2,(H,24,26). The Morgan fingerprint density at radius 1 is 1.22 bits per heavy atom. The van der Waals surface area contributed by atoms with E-state index in [2.05, 4.69) is 10.5 Å². The Labute approximate surface area is 163 Å². The smallest absolute Gasteiger partial charge is 0.264 e. The van der Waals surface area contributed by atoms with Gasteiger partial charge in [0.05, 0.1) is 16.3 Å². The molecule has 1 unspecified atom stereocenters. The minimum atomic E-state index is -0.704. The van der Waals surface area contributed by atoms with Crippen LogP contribution < -0.4 is 5.32 Å². The van der Waals surface area contributed by atoms with E-state index in [0.29, 0.717) is 5.71 Å². The number of nitrogens with one attached hydrogen (secondary N) is 1. The van der Waals surface area contributed by atoms with Crippen LogP contribution in [0.3, 0.4) is 0 Å². The summed E-state index contributed by atoms with van der Waals surface area (Å²) >= 11 is 6.10. The molecule has 4 bridgehead atoms. The highest BCUT2D eigenvalue weighted by Crippen LogP contribution is 2.59. The molecule has 1 N–H and O–H groups in total. The average molecular weight is 391 g/mol. The van der Waals surface area contributed by atoms with E-state index in [9.17, 15) is 9.18 Å². The summed E-state index contributed by atoms with van der Waals surface area (Å²) in [5.41, 5.74) is 0.908. The molecule has 0 saturated heterocycles. The maximum Gasteiger partial charge on any atom is 0.264 e. The van der Waals surface area contributed by atoms with Crippen LogP contribution in [-0.4, -0.2) is 24.3 Å². The summed E-state index contributed by atoms with van der Waals surface area (Å²) in [6.07, 6.45) is 7.45. The first kappa shape index (κ1) is 17.5. The third-order valence-corrected chi connectivity index (χ3v) is 7.33. The van der Waals surface area contributed by atoms with Crippen LogP contribution in [0.5, 0.6) is 0 Å². The Balaban J connectivity index is 1.21. The first-order valence-electron chi connectivity index (χ1n) is 9.96. The molecule has 0 spiro atoms. The van der Waals surface area contributed by atoms with Crippen molar-refractivity contribution in [2.24, 2.45) is 28.3 Å². The molecular formula is C21H24ClFN2O2. The third kappa shape index (κ3) is 3.14. The molecule has 4 nitrogen and oxygen atoms in total. The lowest BCUT2D eigenvalue weighted by Gasteiger charge is -2.56. The highest BCUT2D eigenvalue weighted by molar-refractivity contribution is 6.34. The van der Waals surface area contributed by atoms with Gasteiger partial charge in [-0.1, -0.05) is 22.8 Å². The lowest BCUT2D eigenvalue weighted by molar-refractivity contribution is -0.133. The number of benzene rings is 1. The molecule has 1 atom stereocenters. The maximum absolute atomic E-state index is 14.1. The Kier molecular flexibility index (Phi) is 4.19. The normalized spacial score (nSPS) is 36.4. The van der Waals surface area contributed by atoms with E-state index in [4.69, 9.17) is 16.4 Å². The van der Waals surface area contributed by atoms with Gasteiger partial charge in [-0.2, -0.15) is 0 Å². The van der Waals surface area contributed by atoms with Crippen molar-refractivity contribution < 1.29 is 14.0 Å². The van der Waals surface area contributed by atoms with Crippen molar-refractivity contribution in [2.45, 2.75) is 51.0 Å². The lowest BCUT2D eigenvalue weighted by atomic mass is 9.49. The highest BCUT2D eigenvalue weighted by atomic mass is 35.5. The van der Waals surface area contributed by atoms with Gasteiger partial charge in [0.15, 0.2) is 0 Å². The maximum atomic E-state index is 14.1. The second-order valence-electron chi connectivity index (χ2n) is 9.07. The molecule has 0 radical (unpaired) electrons. The summed E-state index contributed by atoms with van der Waals surface area (Å²) in [5.74, 6) is 1.97. The van der Waals surface area contributed by atoms with Crippen molar-refractivity contribution in [2.75, 3.05) is 6.54 Å². The zero-order valence-corrected chi connectivity index (χ0v) is 16.0. The zero-order valence-electron chi connectivity index (χ0n) is 15.2. The summed E-state index contributed by atoms with van der Waals surface area (Å²) in [4.78, 5) is 18.0. The van der Waals surface area contributed by atoms with Crippen LogP contribution in [0.2, 0.25) is 5.02 Å². The number of oxime groups is 1. The van der Waals surface area contributed by atoms with Crippen LogP contribution in [0.1, 0.15) is 50.5 Å². The van der Waals surface area contributed by atoms with Gasteiger partial charge in [0.25, 0.3) is 5.91 Å². The van der Waals surface area contributed by atoms with E-state index in [1.165, 1.54) is 44.6 Å². The first-order chi connectivity index (χ1) is 13.0. The molecule has 0 aromatic heterocycles. The average Bonchev–Trinajstić information content (AvgIpc) is 3.08. The topological polar surface area (TPSA) is 50.7 Å². The number of amides is 1. The van der Waals surface area contributed by atoms with Crippen LogP contribution in [0.25, 0.3) is 0 Å². The van der Waals surface area contributed by atoms with Crippen LogP contribution in [-0.2, 0) is 9.63 Å². The molecule has 1 aromatic rings. The van der Waals surface area contributed by atoms with Gasteiger partial charge < -0.3 is 10.2 Å². The number of carbonyl (C=O) groups is 1. The summed E-state index contributed by atoms with van der Waals surface area (Å²) in [6.45, 7) is 0.727. The van der Waals surface area contributed by atoms with Crippen LogP contribution in [0.15, 0.2) is 23.4 Å². The summed E-state index contributed by atoms with van der Waals surface area (Å²) in [6, 6.07) is 4.50. The van der Waals surface area contributed by atoms with Gasteiger partial charge in [-0.25, -0.2) is 4.39 Å². The second-order valence-corrected chi connectivity index (χ2v) is 9.48. The molecule has 1 amide bonds. The van der Waals surface area contributed by atoms with Gasteiger partial charge in [0, 0.05) is 13.0 Å². The van der Waals surface area contributed by atoms with Crippen LogP contribution >= 0.6 is 11.6 Å². The van der Waals surface area contributed by atoms with Gasteiger partial charge in [0.2, 0.25) is 6.10 Å². The molecular weight excluding hydrogens is 367 g/mol. The van der Waals surface area contributed by atoms with E-state index in [1.807, 2.05) is 0 Å². The molecule has 4 aliphatic carbocycles. The predicted octanol–water partition coefficient (Wildman–Crippen LogP) is 4.30. The van der Waals surface area contributed by atoms with E-state index in [0.717, 1.165) is 24.3 Å². The fraction of sp³-hybridized carbons (Fsp3) is 0.619. The van der Waals surface area contributed by atoms with Crippen molar-refractivity contribution in [3.05, 3.63) is 34.6 Å². The third-order valence-electron chi connectivity index (χ3n) is 7.02. The monoisotopic (exact) mass is 390 g/mol. The van der Waals surface area contributed by atoms with Crippen LogP contribution in [0.4, 0.5) is 4.39 Å². The Morgan fingerprint density at radius 2 is 1.89 bits per heavy atom. The Hall–Kier alpha value is -1.62. The lowest BCUT2D eigenvalue weighted by Crippen LogP contribution is -2.52. The fourth-order valence-electron chi connectivity index (χ4n) is 6.33. The number of carbonyl (C=O) groups excluding carboxylic acids is 1. The van der Waals surface area contributed by atoms with Gasteiger partial charge in [-0.3, -0.25) is 4.79 Å². The minimum Gasteiger partial charge on any atom is -0.382 e. The number of halogens is 2. The van der Waals surface area contributed by atoms with Gasteiger partial charge in [0.1, 0.15) is 5.82 Å². The van der Waals surface area contributed by atoms with Crippen molar-refractivity contribution in [3.8, 4) is 0 Å². The summed E-state index contributed by atoms with van der Waals surface area (Å²) in [5, 5.41) is 7.34. The molecule has 1 aromatic carbocycles. The number of hydrogen-bond acceptors (Lipinski definition) is 3. The van der Waals surface area contributed by atoms with Crippen molar-refractivity contribution in [1.82, 2.24) is 5.32 Å². The fourth-order valence-corrected chi connectivity index (χ4v) is 6.61. The van der Waals surface area contributed by atoms with Gasteiger partial charge in [-0.15, -0.1) is 0 Å². The van der Waals surface area contributed by atoms with Crippen molar-refractivity contribution in [1.29, 1.82) is 0 Å². The van der Waals surface area contributed by atoms with Crippen molar-refractivity contribution in [3.63, 3.8) is 0 Å². The van der Waals surface area contributed by atoms with E-state index < -0.39 is 11.9 Å². The molecule has 5 aliphatic rings. The number of rotatable bonds is 4. The Bertz CT molecular complexity index is 754. The van der Waals surface area contributed by atoms with E-state index in [1.54, 1.807) is 12.1 Å². The molecule has 6 heteroatoms. The second kappa shape index (κ2) is 6.47. The minimum absolute atomic E-state index is 0.156. The first-order valence-corrected chi connectivity index (χ1v) is 10.3. The largest absolute Gasteiger partial charge is 0.382 e. The van der Waals surface area contributed by atoms with Gasteiger partial charge in [-0.05, 0) is 73.8 Å². The Morgan fingerprint density at radius 3 is 2.52 bits per heavy atom. The SMILES string of the molecule is O=C(NCC12CC3CC(CC(C3)C1)C2)C1CC(c2c(F)cccc2Cl)=NO1. The molecule has 1 aliphatic heterocycles. The summed E-state index contributed by atoms with van der Waals surface area (Å²) in [7, 11) is 0. The molecule has 27 heavy (non-hydrogen) atoms. The summed E-state index contributed by atoms with van der Waals surface area (Å²) < 4.78 is 14.1. The number of nitrogens with zero attached hydrogens (tertiary/aromatic N) is 1. The van der Waals surface area contributed by atoms with Crippen molar-refractivity contribution >= 4 is 23.2 Å². The number of hydrogen-bond donors (Lipinski definition) is 1. The quantitative estimate of drug-likeness (QED) is 0.833. The van der Waals surface area contributed by atoms with Crippen LogP contribution in [0, 0.1) is 29.0 Å². The van der Waals surface area contributed by atoms with E-state index in [-0.39, 0.29) is 28.3 Å².